The molecule has 0 saturated carbocycles. The highest BCUT2D eigenvalue weighted by Crippen LogP contribution is 2.41. The molecule has 0 amide bonds. The Balaban J connectivity index is 1.96. The largest absolute Gasteiger partial charge is 0.465 e. The number of esters is 1. The topological polar surface area (TPSA) is 55.4 Å². The van der Waals surface area contributed by atoms with Crippen molar-refractivity contribution in [2.45, 2.75) is 25.3 Å². The van der Waals surface area contributed by atoms with E-state index < -0.39 is 0 Å². The minimum atomic E-state index is -0.389. The molecule has 0 radical (unpaired) electrons. The summed E-state index contributed by atoms with van der Waals surface area (Å²) in [6.07, 6.45) is 2.22. The van der Waals surface area contributed by atoms with E-state index in [0.29, 0.717) is 19.6 Å². The summed E-state index contributed by atoms with van der Waals surface area (Å²) in [7, 11) is 0. The first kappa shape index (κ1) is 14.0. The van der Waals surface area contributed by atoms with Gasteiger partial charge in [0.05, 0.1) is 6.61 Å². The van der Waals surface area contributed by atoms with Crippen LogP contribution in [-0.2, 0) is 14.3 Å². The van der Waals surface area contributed by atoms with Crippen LogP contribution in [0.25, 0.3) is 0 Å². The number of fused-ring (bicyclic) bond motifs is 1. The number of allylic oxidation sites excluding steroid dienone is 1. The molecule has 4 heteroatoms. The van der Waals surface area contributed by atoms with Crippen LogP contribution < -0.4 is 5.32 Å². The molecule has 1 aromatic rings. The van der Waals surface area contributed by atoms with Crippen LogP contribution in [0.1, 0.15) is 24.8 Å². The van der Waals surface area contributed by atoms with Crippen molar-refractivity contribution in [3.8, 4) is 0 Å². The fraction of sp³-hybridized carbons (Fsp3) is 0.412. The predicted octanol–water partition coefficient (Wildman–Crippen LogP) is 1.82. The van der Waals surface area contributed by atoms with Gasteiger partial charge in [0.1, 0.15) is 6.04 Å². The monoisotopic (exact) mass is 285 g/mol. The highest BCUT2D eigenvalue weighted by molar-refractivity contribution is 5.94. The molecule has 1 aliphatic heterocycles. The molecular weight excluding hydrogens is 266 g/mol. The highest BCUT2D eigenvalue weighted by atomic mass is 16.5. The Bertz CT molecular complexity index is 579. The van der Waals surface area contributed by atoms with Crippen LogP contribution >= 0.6 is 0 Å². The zero-order valence-electron chi connectivity index (χ0n) is 12.0. The molecule has 1 fully saturated rings. The van der Waals surface area contributed by atoms with Crippen molar-refractivity contribution in [1.29, 1.82) is 0 Å². The lowest BCUT2D eigenvalue weighted by Gasteiger charge is -2.37. The van der Waals surface area contributed by atoms with Crippen LogP contribution in [0.5, 0.6) is 0 Å². The molecule has 3 atom stereocenters. The molecule has 0 aromatic heterocycles. The van der Waals surface area contributed by atoms with Crippen LogP contribution in [0.2, 0.25) is 0 Å². The van der Waals surface area contributed by atoms with Crippen molar-refractivity contribution in [3.05, 3.63) is 47.5 Å². The zero-order chi connectivity index (χ0) is 14.8. The van der Waals surface area contributed by atoms with Crippen LogP contribution in [-0.4, -0.2) is 30.9 Å². The van der Waals surface area contributed by atoms with E-state index in [1.54, 1.807) is 6.08 Å². The number of carbonyl (C=O) groups is 2. The van der Waals surface area contributed by atoms with Gasteiger partial charge >= 0.3 is 5.97 Å². The summed E-state index contributed by atoms with van der Waals surface area (Å²) in [5.74, 6) is -0.0146. The van der Waals surface area contributed by atoms with Gasteiger partial charge in [0.2, 0.25) is 0 Å². The molecule has 0 spiro atoms. The molecule has 1 aromatic carbocycles. The predicted molar refractivity (Wildman–Crippen MR) is 78.8 cm³/mol. The Hall–Kier alpha value is -1.94. The van der Waals surface area contributed by atoms with Gasteiger partial charge in [0.25, 0.3) is 0 Å². The van der Waals surface area contributed by atoms with E-state index in [4.69, 9.17) is 4.74 Å². The second-order valence-corrected chi connectivity index (χ2v) is 5.54. The Kier molecular flexibility index (Phi) is 3.88. The minimum Gasteiger partial charge on any atom is -0.465 e. The fourth-order valence-electron chi connectivity index (χ4n) is 3.41. The van der Waals surface area contributed by atoms with Crippen LogP contribution in [0, 0.1) is 5.92 Å². The lowest BCUT2D eigenvalue weighted by molar-refractivity contribution is -0.147. The van der Waals surface area contributed by atoms with E-state index in [-0.39, 0.29) is 29.6 Å². The minimum absolute atomic E-state index is 0.0447. The van der Waals surface area contributed by atoms with Gasteiger partial charge in [0, 0.05) is 18.9 Å². The summed E-state index contributed by atoms with van der Waals surface area (Å²) >= 11 is 0. The number of rotatable bonds is 3. The number of nitrogens with one attached hydrogen (secondary N) is 1. The van der Waals surface area contributed by atoms with Gasteiger partial charge in [-0.2, -0.15) is 0 Å². The van der Waals surface area contributed by atoms with Crippen molar-refractivity contribution in [3.63, 3.8) is 0 Å². The zero-order valence-corrected chi connectivity index (χ0v) is 12.0. The second kappa shape index (κ2) is 5.82. The van der Waals surface area contributed by atoms with Crippen molar-refractivity contribution >= 4 is 11.8 Å². The summed E-state index contributed by atoms with van der Waals surface area (Å²) in [4.78, 5) is 24.0. The van der Waals surface area contributed by atoms with E-state index in [2.05, 4.69) is 5.32 Å². The van der Waals surface area contributed by atoms with Gasteiger partial charge in [-0.25, -0.2) is 0 Å². The SMILES string of the molecule is CCOC(=O)[C@H]1NCC2=CC(=O)C[C@@H]2[C@H]1c1ccccc1. The molecule has 1 heterocycles. The van der Waals surface area contributed by atoms with Gasteiger partial charge in [-0.1, -0.05) is 30.3 Å². The first-order valence-corrected chi connectivity index (χ1v) is 7.39. The third-order valence-corrected chi connectivity index (χ3v) is 4.29. The van der Waals surface area contributed by atoms with E-state index in [9.17, 15) is 9.59 Å². The van der Waals surface area contributed by atoms with Crippen LogP contribution in [0.4, 0.5) is 0 Å². The van der Waals surface area contributed by atoms with E-state index in [1.807, 2.05) is 37.3 Å². The molecule has 21 heavy (non-hydrogen) atoms. The Labute approximate surface area is 124 Å². The number of hydrogen-bond acceptors (Lipinski definition) is 4. The number of ketones is 1. The lowest BCUT2D eigenvalue weighted by atomic mass is 9.74. The van der Waals surface area contributed by atoms with Gasteiger partial charge in [-0.3, -0.25) is 9.59 Å². The average molecular weight is 285 g/mol. The standard InChI is InChI=1S/C17H19NO3/c1-2-21-17(20)16-15(11-6-4-3-5-7-11)14-9-13(19)8-12(14)10-18-16/h3-8,14-16,18H,2,9-10H2,1H3/t14-,15+,16-/m0/s1. The molecule has 1 saturated heterocycles. The summed E-state index contributed by atoms with van der Waals surface area (Å²) in [5, 5.41) is 3.25. The molecule has 2 aliphatic rings. The first-order valence-electron chi connectivity index (χ1n) is 7.39. The second-order valence-electron chi connectivity index (χ2n) is 5.54. The van der Waals surface area contributed by atoms with E-state index >= 15 is 0 Å². The molecule has 3 rings (SSSR count). The van der Waals surface area contributed by atoms with Crippen molar-refractivity contribution in [1.82, 2.24) is 5.32 Å². The van der Waals surface area contributed by atoms with Gasteiger partial charge in [0.15, 0.2) is 5.78 Å². The van der Waals surface area contributed by atoms with Crippen LogP contribution in [0.15, 0.2) is 42.0 Å². The molecule has 1 N–H and O–H groups in total. The summed E-state index contributed by atoms with van der Waals surface area (Å²) in [5.41, 5.74) is 2.18. The third-order valence-electron chi connectivity index (χ3n) is 4.29. The van der Waals surface area contributed by atoms with Crippen LogP contribution in [0.3, 0.4) is 0 Å². The average Bonchev–Trinajstić information content (AvgIpc) is 2.87. The van der Waals surface area contributed by atoms with Crippen molar-refractivity contribution < 1.29 is 14.3 Å². The maximum atomic E-state index is 12.3. The molecule has 110 valence electrons. The van der Waals surface area contributed by atoms with Crippen molar-refractivity contribution in [2.24, 2.45) is 5.92 Å². The number of piperidine rings is 1. The molecule has 4 nitrogen and oxygen atoms in total. The summed E-state index contributed by atoms with van der Waals surface area (Å²) in [6, 6.07) is 9.53. The Morgan fingerprint density at radius 1 is 1.33 bits per heavy atom. The molecular formula is C17H19NO3. The summed E-state index contributed by atoms with van der Waals surface area (Å²) in [6.45, 7) is 2.76. The quantitative estimate of drug-likeness (QED) is 0.861. The Morgan fingerprint density at radius 2 is 2.10 bits per heavy atom. The lowest BCUT2D eigenvalue weighted by Crippen LogP contribution is -2.50. The molecule has 1 aliphatic carbocycles. The molecule has 0 unspecified atom stereocenters. The first-order chi connectivity index (χ1) is 10.2. The maximum absolute atomic E-state index is 12.3. The van der Waals surface area contributed by atoms with E-state index in [1.165, 1.54) is 0 Å². The number of carbonyl (C=O) groups excluding carboxylic acids is 2. The van der Waals surface area contributed by atoms with Gasteiger partial charge in [-0.15, -0.1) is 0 Å². The number of hydrogen-bond donors (Lipinski definition) is 1. The van der Waals surface area contributed by atoms with Gasteiger partial charge in [-0.05, 0) is 30.1 Å². The number of ether oxygens (including phenoxy) is 1. The third kappa shape index (κ3) is 2.63. The number of benzene rings is 1. The van der Waals surface area contributed by atoms with E-state index in [0.717, 1.165) is 11.1 Å². The maximum Gasteiger partial charge on any atom is 0.323 e. The Morgan fingerprint density at radius 3 is 2.81 bits per heavy atom. The smallest absolute Gasteiger partial charge is 0.323 e. The summed E-state index contributed by atoms with van der Waals surface area (Å²) < 4.78 is 5.20. The fourth-order valence-corrected chi connectivity index (χ4v) is 3.41. The highest BCUT2D eigenvalue weighted by Gasteiger charge is 2.44. The normalized spacial score (nSPS) is 28.0. The van der Waals surface area contributed by atoms with Crippen molar-refractivity contribution in [2.75, 3.05) is 13.2 Å². The molecule has 0 bridgehead atoms. The van der Waals surface area contributed by atoms with Gasteiger partial charge < -0.3 is 10.1 Å².